The van der Waals surface area contributed by atoms with Crippen LogP contribution in [0, 0.1) is 16.0 Å². The molecule has 1 aromatic carbocycles. The fraction of sp³-hybridized carbons (Fsp3) is 0.636. The van der Waals surface area contributed by atoms with Gasteiger partial charge < -0.3 is 14.5 Å². The minimum absolute atomic E-state index is 0.155. The molecule has 2 saturated heterocycles. The van der Waals surface area contributed by atoms with Gasteiger partial charge in [-0.15, -0.1) is 0 Å². The number of likely N-dealkylation sites (tertiary alicyclic amines) is 1. The van der Waals surface area contributed by atoms with Gasteiger partial charge in [-0.2, -0.15) is 0 Å². The van der Waals surface area contributed by atoms with E-state index in [0.29, 0.717) is 18.2 Å². The van der Waals surface area contributed by atoms with Crippen molar-refractivity contribution in [2.45, 2.75) is 57.4 Å². The zero-order valence-electron chi connectivity index (χ0n) is 17.3. The second-order valence-electron chi connectivity index (χ2n) is 8.57. The summed E-state index contributed by atoms with van der Waals surface area (Å²) in [6.45, 7) is 2.00. The second-order valence-corrected chi connectivity index (χ2v) is 8.57. The molecule has 0 unspecified atom stereocenters. The third kappa shape index (κ3) is 4.27. The first kappa shape index (κ1) is 20.6. The number of hydrogen-bond acceptors (Lipinski definition) is 6. The molecule has 0 N–H and O–H groups in total. The van der Waals surface area contributed by atoms with Gasteiger partial charge in [0.15, 0.2) is 6.61 Å². The Bertz CT molecular complexity index is 819. The molecule has 1 amide bonds. The lowest BCUT2D eigenvalue weighted by Gasteiger charge is -2.44. The van der Waals surface area contributed by atoms with Gasteiger partial charge in [-0.25, -0.2) is 4.79 Å². The lowest BCUT2D eigenvalue weighted by atomic mass is 9.78. The Labute approximate surface area is 176 Å². The van der Waals surface area contributed by atoms with Crippen molar-refractivity contribution in [3.8, 4) is 0 Å². The van der Waals surface area contributed by atoms with Gasteiger partial charge in [-0.1, -0.05) is 12.8 Å². The first-order chi connectivity index (χ1) is 14.5. The van der Waals surface area contributed by atoms with Crippen LogP contribution in [0.1, 0.15) is 61.7 Å². The number of rotatable bonds is 5. The zero-order valence-corrected chi connectivity index (χ0v) is 17.3. The van der Waals surface area contributed by atoms with Gasteiger partial charge in [0.2, 0.25) is 0 Å². The van der Waals surface area contributed by atoms with Crippen LogP contribution in [-0.2, 0) is 9.53 Å². The topological polar surface area (TPSA) is 93.0 Å². The smallest absolute Gasteiger partial charge is 0.341 e. The molecule has 1 aromatic rings. The van der Waals surface area contributed by atoms with Crippen LogP contribution >= 0.6 is 0 Å². The van der Waals surface area contributed by atoms with Crippen molar-refractivity contribution >= 4 is 23.3 Å². The number of benzene rings is 1. The highest BCUT2D eigenvalue weighted by atomic mass is 16.6. The number of esters is 1. The summed E-state index contributed by atoms with van der Waals surface area (Å²) in [5.41, 5.74) is 0.645. The number of nitrogens with zero attached hydrogens (tertiary/aromatic N) is 3. The van der Waals surface area contributed by atoms with Gasteiger partial charge in [0.1, 0.15) is 0 Å². The molecule has 0 spiro atoms. The molecule has 0 radical (unpaired) electrons. The molecule has 162 valence electrons. The largest absolute Gasteiger partial charge is 0.452 e. The van der Waals surface area contributed by atoms with Crippen LogP contribution < -0.4 is 4.90 Å². The number of hydrogen-bond donors (Lipinski definition) is 0. The van der Waals surface area contributed by atoms with Crippen molar-refractivity contribution < 1.29 is 19.2 Å². The number of carbonyl (C=O) groups excluding carboxylic acids is 2. The zero-order chi connectivity index (χ0) is 21.1. The Morgan fingerprint density at radius 2 is 1.77 bits per heavy atom. The molecule has 8 heteroatoms. The van der Waals surface area contributed by atoms with Gasteiger partial charge in [0, 0.05) is 37.8 Å². The minimum atomic E-state index is -0.675. The van der Waals surface area contributed by atoms with E-state index in [-0.39, 0.29) is 29.8 Å². The Hall–Kier alpha value is -2.64. The van der Waals surface area contributed by atoms with Crippen molar-refractivity contribution in [2.24, 2.45) is 5.92 Å². The maximum absolute atomic E-state index is 12.8. The van der Waals surface area contributed by atoms with Gasteiger partial charge in [-0.05, 0) is 50.5 Å². The van der Waals surface area contributed by atoms with Gasteiger partial charge >= 0.3 is 5.97 Å². The van der Waals surface area contributed by atoms with Crippen LogP contribution in [0.5, 0.6) is 0 Å². The van der Waals surface area contributed by atoms with Crippen LogP contribution in [0.15, 0.2) is 18.2 Å². The molecule has 4 rings (SSSR count). The van der Waals surface area contributed by atoms with Crippen molar-refractivity contribution in [3.63, 3.8) is 0 Å². The van der Waals surface area contributed by atoms with E-state index in [0.717, 1.165) is 45.2 Å². The highest BCUT2D eigenvalue weighted by Crippen LogP contribution is 2.35. The summed E-state index contributed by atoms with van der Waals surface area (Å²) in [5.74, 6) is -0.273. The summed E-state index contributed by atoms with van der Waals surface area (Å²) in [4.78, 5) is 40.3. The molecule has 1 aliphatic carbocycles. The summed E-state index contributed by atoms with van der Waals surface area (Å²) in [6, 6.07) is 4.54. The predicted octanol–water partition coefficient (Wildman–Crippen LogP) is 3.53. The fourth-order valence-electron chi connectivity index (χ4n) is 5.26. The number of nitro groups is 1. The molecule has 2 aliphatic heterocycles. The maximum Gasteiger partial charge on any atom is 0.341 e. The van der Waals surface area contributed by atoms with Crippen LogP contribution in [0.4, 0.5) is 11.4 Å². The van der Waals surface area contributed by atoms with E-state index in [1.54, 1.807) is 6.07 Å². The summed E-state index contributed by atoms with van der Waals surface area (Å²) in [5, 5.41) is 11.2. The highest BCUT2D eigenvalue weighted by Gasteiger charge is 2.36. The monoisotopic (exact) mass is 415 g/mol. The first-order valence-electron chi connectivity index (χ1n) is 11.0. The van der Waals surface area contributed by atoms with Crippen molar-refractivity contribution in [1.82, 2.24) is 4.90 Å². The summed E-state index contributed by atoms with van der Waals surface area (Å²) in [6.07, 6.45) is 8.74. The number of amides is 1. The number of nitro benzene ring substituents is 1. The average molecular weight is 415 g/mol. The molecular formula is C22H29N3O5. The van der Waals surface area contributed by atoms with E-state index in [4.69, 9.17) is 4.74 Å². The summed E-state index contributed by atoms with van der Waals surface area (Å²) in [7, 11) is 0. The van der Waals surface area contributed by atoms with Gasteiger partial charge in [0.05, 0.1) is 16.2 Å². The Morgan fingerprint density at radius 3 is 2.53 bits per heavy atom. The van der Waals surface area contributed by atoms with E-state index in [9.17, 15) is 19.7 Å². The lowest BCUT2D eigenvalue weighted by Crippen LogP contribution is -2.50. The SMILES string of the molecule is O=C(OCC(=O)N1CCC[C@H]2CCCC[C@H]21)c1cc([N+](=O)[O-])ccc1N1CCCC1. The number of fused-ring (bicyclic) bond motifs is 1. The molecular weight excluding hydrogens is 386 g/mol. The molecule has 30 heavy (non-hydrogen) atoms. The number of ether oxygens (including phenoxy) is 1. The highest BCUT2D eigenvalue weighted by molar-refractivity contribution is 5.97. The number of piperidine rings is 1. The Morgan fingerprint density at radius 1 is 1.03 bits per heavy atom. The van der Waals surface area contributed by atoms with Crippen molar-refractivity contribution in [2.75, 3.05) is 31.1 Å². The Kier molecular flexibility index (Phi) is 6.20. The molecule has 3 fully saturated rings. The predicted molar refractivity (Wildman–Crippen MR) is 112 cm³/mol. The van der Waals surface area contributed by atoms with Gasteiger partial charge in [0.25, 0.3) is 11.6 Å². The molecule has 2 atom stereocenters. The molecule has 3 aliphatic rings. The van der Waals surface area contributed by atoms with E-state index in [1.807, 2.05) is 9.80 Å². The average Bonchev–Trinajstić information content (AvgIpc) is 3.31. The van der Waals surface area contributed by atoms with Crippen molar-refractivity contribution in [3.05, 3.63) is 33.9 Å². The van der Waals surface area contributed by atoms with E-state index >= 15 is 0 Å². The molecule has 1 saturated carbocycles. The Balaban J connectivity index is 1.46. The number of non-ortho nitro benzene ring substituents is 1. The molecule has 8 nitrogen and oxygen atoms in total. The third-order valence-electron chi connectivity index (χ3n) is 6.75. The molecule has 0 aromatic heterocycles. The van der Waals surface area contributed by atoms with Gasteiger partial charge in [-0.3, -0.25) is 14.9 Å². The standard InChI is InChI=1S/C22H29N3O5/c26-21(24-13-5-7-16-6-1-2-8-19(16)24)15-30-22(27)18-14-17(25(28)29)9-10-20(18)23-11-3-4-12-23/h9-10,14,16,19H,1-8,11-13,15H2/t16-,19-/m1/s1. The fourth-order valence-corrected chi connectivity index (χ4v) is 5.26. The van der Waals surface area contributed by atoms with Crippen LogP contribution in [-0.4, -0.2) is 54.0 Å². The minimum Gasteiger partial charge on any atom is -0.452 e. The van der Waals surface area contributed by atoms with Crippen LogP contribution in [0.3, 0.4) is 0 Å². The maximum atomic E-state index is 12.8. The van der Waals surface area contributed by atoms with Crippen molar-refractivity contribution in [1.29, 1.82) is 0 Å². The normalized spacial score (nSPS) is 23.7. The number of carbonyl (C=O) groups is 2. The van der Waals surface area contributed by atoms with Crippen LogP contribution in [0.2, 0.25) is 0 Å². The van der Waals surface area contributed by atoms with E-state index < -0.39 is 10.9 Å². The second kappa shape index (κ2) is 9.02. The van der Waals surface area contributed by atoms with E-state index in [2.05, 4.69) is 0 Å². The summed E-state index contributed by atoms with van der Waals surface area (Å²) >= 11 is 0. The molecule has 0 bridgehead atoms. The molecule has 2 heterocycles. The lowest BCUT2D eigenvalue weighted by molar-refractivity contribution is -0.384. The first-order valence-corrected chi connectivity index (χ1v) is 11.0. The quantitative estimate of drug-likeness (QED) is 0.415. The number of anilines is 1. The summed E-state index contributed by atoms with van der Waals surface area (Å²) < 4.78 is 5.38. The van der Waals surface area contributed by atoms with Crippen LogP contribution in [0.25, 0.3) is 0 Å². The van der Waals surface area contributed by atoms with E-state index in [1.165, 1.54) is 31.4 Å². The third-order valence-corrected chi connectivity index (χ3v) is 6.75.